The first-order valence-electron chi connectivity index (χ1n) is 10.2. The highest BCUT2D eigenvalue weighted by Crippen LogP contribution is 2.29. The number of nitrogens with zero attached hydrogens (tertiary/aromatic N) is 2. The second-order valence-corrected chi connectivity index (χ2v) is 8.66. The number of thiophene rings is 1. The van der Waals surface area contributed by atoms with Crippen LogP contribution in [0.3, 0.4) is 0 Å². The molecule has 6 nitrogen and oxygen atoms in total. The number of aryl methyl sites for hydroxylation is 3. The Bertz CT molecular complexity index is 1170. The van der Waals surface area contributed by atoms with E-state index in [1.54, 1.807) is 4.90 Å². The lowest BCUT2D eigenvalue weighted by Gasteiger charge is -2.27. The average molecular weight is 424 g/mol. The largest absolute Gasteiger partial charge is 0.378 e. The molecular formula is C23H25N3O3S. The Kier molecular flexibility index (Phi) is 5.83. The minimum Gasteiger partial charge on any atom is -0.378 e. The molecule has 1 amide bonds. The van der Waals surface area contributed by atoms with Crippen molar-refractivity contribution < 1.29 is 9.53 Å². The average Bonchev–Trinajstić information content (AvgIpc) is 3.09. The molecule has 1 aromatic carbocycles. The van der Waals surface area contributed by atoms with E-state index >= 15 is 0 Å². The van der Waals surface area contributed by atoms with Gasteiger partial charge in [0.25, 0.3) is 11.5 Å². The van der Waals surface area contributed by atoms with E-state index in [9.17, 15) is 9.59 Å². The van der Waals surface area contributed by atoms with Crippen molar-refractivity contribution in [2.45, 2.75) is 27.2 Å². The second-order valence-electron chi connectivity index (χ2n) is 7.46. The first kappa shape index (κ1) is 20.5. The lowest BCUT2D eigenvalue weighted by atomic mass is 10.1. The van der Waals surface area contributed by atoms with Crippen LogP contribution in [-0.2, 0) is 16.0 Å². The van der Waals surface area contributed by atoms with Gasteiger partial charge in [-0.1, -0.05) is 36.8 Å². The second kappa shape index (κ2) is 8.53. The van der Waals surface area contributed by atoms with E-state index in [1.165, 1.54) is 11.3 Å². The molecule has 0 unspecified atom stereocenters. The van der Waals surface area contributed by atoms with Crippen LogP contribution in [0.4, 0.5) is 0 Å². The lowest BCUT2D eigenvalue weighted by Crippen LogP contribution is -2.41. The van der Waals surface area contributed by atoms with Crippen LogP contribution in [0.15, 0.2) is 29.1 Å². The maximum absolute atomic E-state index is 13.4. The molecule has 0 bridgehead atoms. The molecule has 0 atom stereocenters. The number of nitrogens with one attached hydrogen (secondary N) is 1. The molecule has 3 aromatic rings. The molecule has 1 N–H and O–H groups in total. The molecule has 0 saturated carbocycles. The number of fused-ring (bicyclic) bond motifs is 1. The summed E-state index contributed by atoms with van der Waals surface area (Å²) in [6.45, 7) is 8.12. The van der Waals surface area contributed by atoms with Crippen molar-refractivity contribution >= 4 is 39.1 Å². The smallest absolute Gasteiger partial charge is 0.260 e. The SMILES string of the molecule is CCc1c(C)sc2nc(/C(=C\c3ccc(C)cc3)C(=O)N3CCOCC3)[nH]c(=O)c12. The van der Waals surface area contributed by atoms with Gasteiger partial charge in [0, 0.05) is 18.0 Å². The van der Waals surface area contributed by atoms with E-state index in [0.717, 1.165) is 28.0 Å². The highest BCUT2D eigenvalue weighted by atomic mass is 32.1. The van der Waals surface area contributed by atoms with Gasteiger partial charge in [-0.05, 0) is 37.5 Å². The van der Waals surface area contributed by atoms with Gasteiger partial charge in [-0.3, -0.25) is 9.59 Å². The molecular weight excluding hydrogens is 398 g/mol. The highest BCUT2D eigenvalue weighted by molar-refractivity contribution is 7.18. The van der Waals surface area contributed by atoms with Crippen LogP contribution in [-0.4, -0.2) is 47.1 Å². The van der Waals surface area contributed by atoms with Crippen LogP contribution in [0.1, 0.15) is 34.3 Å². The zero-order chi connectivity index (χ0) is 21.3. The molecule has 0 spiro atoms. The number of hydrogen-bond donors (Lipinski definition) is 1. The minimum atomic E-state index is -0.194. The quantitative estimate of drug-likeness (QED) is 0.651. The summed E-state index contributed by atoms with van der Waals surface area (Å²) in [5.41, 5.74) is 3.25. The third-order valence-electron chi connectivity index (χ3n) is 5.39. The van der Waals surface area contributed by atoms with Crippen molar-refractivity contribution in [3.8, 4) is 0 Å². The van der Waals surface area contributed by atoms with Crippen LogP contribution in [0.25, 0.3) is 21.9 Å². The van der Waals surface area contributed by atoms with Gasteiger partial charge in [0.15, 0.2) is 0 Å². The Hall–Kier alpha value is -2.77. The van der Waals surface area contributed by atoms with Crippen molar-refractivity contribution in [1.29, 1.82) is 0 Å². The molecule has 1 saturated heterocycles. The summed E-state index contributed by atoms with van der Waals surface area (Å²) in [5.74, 6) is 0.166. The van der Waals surface area contributed by atoms with Gasteiger partial charge in [0.2, 0.25) is 0 Å². The van der Waals surface area contributed by atoms with E-state index in [2.05, 4.69) is 4.98 Å². The van der Waals surface area contributed by atoms with E-state index in [4.69, 9.17) is 9.72 Å². The number of rotatable bonds is 4. The Balaban J connectivity index is 1.85. The molecule has 156 valence electrons. The summed E-state index contributed by atoms with van der Waals surface area (Å²) >= 11 is 1.50. The summed E-state index contributed by atoms with van der Waals surface area (Å²) < 4.78 is 5.39. The predicted molar refractivity (Wildman–Crippen MR) is 121 cm³/mol. The number of aromatic amines is 1. The van der Waals surface area contributed by atoms with Gasteiger partial charge < -0.3 is 14.6 Å². The number of carbonyl (C=O) groups is 1. The van der Waals surface area contributed by atoms with Crippen LogP contribution in [0.2, 0.25) is 0 Å². The lowest BCUT2D eigenvalue weighted by molar-refractivity contribution is -0.128. The Morgan fingerprint density at radius 3 is 2.60 bits per heavy atom. The van der Waals surface area contributed by atoms with Crippen LogP contribution in [0, 0.1) is 13.8 Å². The fraction of sp³-hybridized carbons (Fsp3) is 0.348. The summed E-state index contributed by atoms with van der Waals surface area (Å²) in [6, 6.07) is 7.92. The van der Waals surface area contributed by atoms with Crippen LogP contribution < -0.4 is 5.56 Å². The Labute approximate surface area is 179 Å². The standard InChI is InChI=1S/C23H25N3O3S/c1-4-17-15(3)30-22-19(17)21(27)24-20(25-22)18(13-16-7-5-14(2)6-8-16)23(28)26-9-11-29-12-10-26/h5-8,13H,4,9-12H2,1-3H3,(H,24,25,27)/b18-13+. The molecule has 1 fully saturated rings. The van der Waals surface area contributed by atoms with Gasteiger partial charge in [-0.25, -0.2) is 4.98 Å². The topological polar surface area (TPSA) is 75.3 Å². The monoisotopic (exact) mass is 423 g/mol. The highest BCUT2D eigenvalue weighted by Gasteiger charge is 2.25. The van der Waals surface area contributed by atoms with Crippen molar-refractivity contribution in [2.75, 3.05) is 26.3 Å². The molecule has 0 radical (unpaired) electrons. The maximum Gasteiger partial charge on any atom is 0.260 e. The van der Waals surface area contributed by atoms with E-state index in [1.807, 2.05) is 51.1 Å². The van der Waals surface area contributed by atoms with E-state index in [-0.39, 0.29) is 11.5 Å². The number of carbonyl (C=O) groups excluding carboxylic acids is 1. The molecule has 0 aliphatic carbocycles. The number of H-pyrrole nitrogens is 1. The minimum absolute atomic E-state index is 0.148. The maximum atomic E-state index is 13.4. The zero-order valence-corrected chi connectivity index (χ0v) is 18.3. The van der Waals surface area contributed by atoms with Gasteiger partial charge in [0.05, 0.1) is 24.2 Å². The van der Waals surface area contributed by atoms with Gasteiger partial charge in [0.1, 0.15) is 10.7 Å². The van der Waals surface area contributed by atoms with Crippen LogP contribution >= 0.6 is 11.3 Å². The summed E-state index contributed by atoms with van der Waals surface area (Å²) in [7, 11) is 0. The first-order chi connectivity index (χ1) is 14.5. The zero-order valence-electron chi connectivity index (χ0n) is 17.4. The van der Waals surface area contributed by atoms with Crippen molar-refractivity contribution in [2.24, 2.45) is 0 Å². The Morgan fingerprint density at radius 1 is 1.23 bits per heavy atom. The third kappa shape index (κ3) is 3.95. The molecule has 2 aromatic heterocycles. The molecule has 1 aliphatic heterocycles. The first-order valence-corrected chi connectivity index (χ1v) is 11.0. The van der Waals surface area contributed by atoms with Gasteiger partial charge >= 0.3 is 0 Å². The molecule has 30 heavy (non-hydrogen) atoms. The summed E-state index contributed by atoms with van der Waals surface area (Å²) in [4.78, 5) is 37.4. The van der Waals surface area contributed by atoms with E-state index < -0.39 is 0 Å². The summed E-state index contributed by atoms with van der Waals surface area (Å²) in [6.07, 6.45) is 2.58. The fourth-order valence-electron chi connectivity index (χ4n) is 3.73. The third-order valence-corrected chi connectivity index (χ3v) is 6.43. The van der Waals surface area contributed by atoms with Gasteiger partial charge in [-0.15, -0.1) is 11.3 Å². The molecule has 3 heterocycles. The number of amides is 1. The van der Waals surface area contributed by atoms with Crippen LogP contribution in [0.5, 0.6) is 0 Å². The number of hydrogen-bond acceptors (Lipinski definition) is 5. The normalized spacial score (nSPS) is 15.0. The van der Waals surface area contributed by atoms with Gasteiger partial charge in [-0.2, -0.15) is 0 Å². The van der Waals surface area contributed by atoms with E-state index in [0.29, 0.717) is 47.9 Å². The van der Waals surface area contributed by atoms with Crippen molar-refractivity contribution in [3.05, 3.63) is 62.0 Å². The molecule has 1 aliphatic rings. The molecule has 4 rings (SSSR count). The molecule has 7 heteroatoms. The summed E-state index contributed by atoms with van der Waals surface area (Å²) in [5, 5.41) is 0.636. The van der Waals surface area contributed by atoms with Crippen molar-refractivity contribution in [3.63, 3.8) is 0 Å². The number of aromatic nitrogens is 2. The number of morpholine rings is 1. The number of benzene rings is 1. The number of ether oxygens (including phenoxy) is 1. The van der Waals surface area contributed by atoms with Crippen molar-refractivity contribution in [1.82, 2.24) is 14.9 Å². The Morgan fingerprint density at radius 2 is 1.93 bits per heavy atom. The fourth-order valence-corrected chi connectivity index (χ4v) is 4.84. The predicted octanol–water partition coefficient (Wildman–Crippen LogP) is 3.56.